The molecule has 0 saturated heterocycles. The Morgan fingerprint density at radius 1 is 0.889 bits per heavy atom. The molecular formula is C20H30Cl2N2O3. The topological polar surface area (TPSA) is 82.9 Å². The molecule has 3 atom stereocenters. The summed E-state index contributed by atoms with van der Waals surface area (Å²) in [5.41, 5.74) is 0.948. The van der Waals surface area contributed by atoms with Crippen molar-refractivity contribution < 1.29 is 50.4 Å². The molecule has 0 aromatic heterocycles. The molecule has 0 heterocycles. The number of halogens is 2. The number of quaternary nitrogens is 2. The second kappa shape index (κ2) is 14.7. The highest BCUT2D eigenvalue weighted by atomic mass is 35.5. The Labute approximate surface area is 174 Å². The van der Waals surface area contributed by atoms with E-state index in [1.807, 2.05) is 67.6 Å². The van der Waals surface area contributed by atoms with Crippen molar-refractivity contribution in [3.8, 4) is 5.75 Å². The maximum absolute atomic E-state index is 10.3. The second-order valence-electron chi connectivity index (χ2n) is 6.33. The molecule has 0 fully saturated rings. The van der Waals surface area contributed by atoms with Crippen molar-refractivity contribution in [1.29, 1.82) is 0 Å². The van der Waals surface area contributed by atoms with Crippen LogP contribution in [0.2, 0.25) is 0 Å². The van der Waals surface area contributed by atoms with Crippen LogP contribution in [-0.4, -0.2) is 48.6 Å². The van der Waals surface area contributed by atoms with Gasteiger partial charge in [-0.25, -0.2) is 0 Å². The van der Waals surface area contributed by atoms with E-state index in [2.05, 4.69) is 10.6 Å². The van der Waals surface area contributed by atoms with Crippen LogP contribution in [0.4, 0.5) is 0 Å². The largest absolute Gasteiger partial charge is 1.00 e. The summed E-state index contributed by atoms with van der Waals surface area (Å²) in [4.78, 5) is 0. The Morgan fingerprint density at radius 3 is 2.11 bits per heavy atom. The predicted molar refractivity (Wildman–Crippen MR) is 97.3 cm³/mol. The SMILES string of the molecule is CC([NH2+]CC[NH2+]CC(O)COc1ccccc1)C(O)c1ccccc1.[Cl-].[Cl-]. The third-order valence-corrected chi connectivity index (χ3v) is 4.17. The normalized spacial score (nSPS) is 13.6. The lowest BCUT2D eigenvalue weighted by molar-refractivity contribution is -0.745. The molecule has 5 nitrogen and oxygen atoms in total. The van der Waals surface area contributed by atoms with Crippen LogP contribution in [0.5, 0.6) is 5.75 Å². The minimum absolute atomic E-state index is 0. The standard InChI is InChI=1S/C20H28N2O3.2ClH/c1-16(20(24)17-8-4-2-5-9-17)22-13-12-21-14-18(23)15-25-19-10-6-3-7-11-19;;/h2-11,16,18,20-24H,12-15H2,1H3;2*1H. The van der Waals surface area contributed by atoms with Crippen molar-refractivity contribution in [3.05, 3.63) is 66.2 Å². The molecule has 2 rings (SSSR count). The fourth-order valence-electron chi connectivity index (χ4n) is 2.65. The molecule has 2 aromatic rings. The molecule has 0 saturated carbocycles. The molecule has 7 heteroatoms. The van der Waals surface area contributed by atoms with Crippen LogP contribution in [-0.2, 0) is 0 Å². The van der Waals surface area contributed by atoms with Gasteiger partial charge in [0.05, 0.1) is 0 Å². The van der Waals surface area contributed by atoms with Crippen molar-refractivity contribution in [2.24, 2.45) is 0 Å². The Bertz CT molecular complexity index is 590. The van der Waals surface area contributed by atoms with Gasteiger partial charge in [0.2, 0.25) is 0 Å². The van der Waals surface area contributed by atoms with Gasteiger partial charge in [-0.05, 0) is 24.6 Å². The lowest BCUT2D eigenvalue weighted by Crippen LogP contribution is -3.00. The molecule has 0 bridgehead atoms. The van der Waals surface area contributed by atoms with Gasteiger partial charge in [0, 0.05) is 0 Å². The molecule has 3 unspecified atom stereocenters. The molecule has 6 N–H and O–H groups in total. The van der Waals surface area contributed by atoms with E-state index < -0.39 is 12.2 Å². The monoisotopic (exact) mass is 416 g/mol. The first-order chi connectivity index (χ1) is 12.2. The number of benzene rings is 2. The molecule has 2 aromatic carbocycles. The van der Waals surface area contributed by atoms with E-state index in [4.69, 9.17) is 4.74 Å². The summed E-state index contributed by atoms with van der Waals surface area (Å²) in [6.07, 6.45) is -0.960. The van der Waals surface area contributed by atoms with Crippen molar-refractivity contribution in [1.82, 2.24) is 0 Å². The van der Waals surface area contributed by atoms with Crippen molar-refractivity contribution in [2.45, 2.75) is 25.2 Å². The quantitative estimate of drug-likeness (QED) is 0.275. The number of hydrogen-bond donors (Lipinski definition) is 4. The van der Waals surface area contributed by atoms with E-state index in [9.17, 15) is 10.2 Å². The molecule has 0 radical (unpaired) electrons. The van der Waals surface area contributed by atoms with Crippen molar-refractivity contribution in [3.63, 3.8) is 0 Å². The molecular weight excluding hydrogens is 387 g/mol. The van der Waals surface area contributed by atoms with Gasteiger partial charge < -0.3 is 50.4 Å². The van der Waals surface area contributed by atoms with Crippen LogP contribution in [0.1, 0.15) is 18.6 Å². The predicted octanol–water partition coefficient (Wildman–Crippen LogP) is -6.32. The van der Waals surface area contributed by atoms with Crippen LogP contribution in [0, 0.1) is 0 Å². The highest BCUT2D eigenvalue weighted by molar-refractivity contribution is 5.21. The summed E-state index contributed by atoms with van der Waals surface area (Å²) < 4.78 is 5.53. The van der Waals surface area contributed by atoms with Crippen LogP contribution < -0.4 is 40.2 Å². The van der Waals surface area contributed by atoms with Crippen LogP contribution in [0.15, 0.2) is 60.7 Å². The van der Waals surface area contributed by atoms with Gasteiger partial charge in [-0.3, -0.25) is 0 Å². The minimum Gasteiger partial charge on any atom is -1.00 e. The van der Waals surface area contributed by atoms with Gasteiger partial charge in [0.15, 0.2) is 0 Å². The van der Waals surface area contributed by atoms with E-state index >= 15 is 0 Å². The van der Waals surface area contributed by atoms with Gasteiger partial charge in [-0.1, -0.05) is 48.5 Å². The molecule has 27 heavy (non-hydrogen) atoms. The number of nitrogens with two attached hydrogens (primary N) is 2. The van der Waals surface area contributed by atoms with Gasteiger partial charge in [-0.2, -0.15) is 0 Å². The first-order valence-corrected chi connectivity index (χ1v) is 8.90. The van der Waals surface area contributed by atoms with Crippen LogP contribution >= 0.6 is 0 Å². The zero-order valence-corrected chi connectivity index (χ0v) is 17.1. The summed E-state index contributed by atoms with van der Waals surface area (Å²) in [6, 6.07) is 19.3. The zero-order chi connectivity index (χ0) is 17.9. The lowest BCUT2D eigenvalue weighted by Gasteiger charge is -2.17. The molecule has 0 aliphatic heterocycles. The molecule has 0 aliphatic carbocycles. The number of ether oxygens (including phenoxy) is 1. The molecule has 0 spiro atoms. The van der Waals surface area contributed by atoms with E-state index in [0.717, 1.165) is 24.4 Å². The number of hydrogen-bond acceptors (Lipinski definition) is 3. The van der Waals surface area contributed by atoms with Gasteiger partial charge in [-0.15, -0.1) is 0 Å². The van der Waals surface area contributed by atoms with Crippen molar-refractivity contribution in [2.75, 3.05) is 26.2 Å². The first-order valence-electron chi connectivity index (χ1n) is 8.90. The molecule has 0 amide bonds. The fraction of sp³-hybridized carbons (Fsp3) is 0.400. The smallest absolute Gasteiger partial charge is 0.137 e. The summed E-state index contributed by atoms with van der Waals surface area (Å²) >= 11 is 0. The Kier molecular flexibility index (Phi) is 14.0. The molecule has 0 aliphatic rings. The summed E-state index contributed by atoms with van der Waals surface area (Å²) in [5, 5.41) is 24.5. The van der Waals surface area contributed by atoms with Gasteiger partial charge in [0.25, 0.3) is 0 Å². The van der Waals surface area contributed by atoms with E-state index in [0.29, 0.717) is 13.2 Å². The zero-order valence-electron chi connectivity index (χ0n) is 15.5. The summed E-state index contributed by atoms with van der Waals surface area (Å²) in [6.45, 7) is 4.70. The van der Waals surface area contributed by atoms with Gasteiger partial charge >= 0.3 is 0 Å². The average molecular weight is 417 g/mol. The first kappa shape index (κ1) is 25.7. The molecule has 152 valence electrons. The Hall–Kier alpha value is -1.34. The van der Waals surface area contributed by atoms with E-state index in [-0.39, 0.29) is 30.9 Å². The maximum atomic E-state index is 10.3. The lowest BCUT2D eigenvalue weighted by atomic mass is 10.0. The van der Waals surface area contributed by atoms with Crippen molar-refractivity contribution >= 4 is 0 Å². The number of rotatable bonds is 11. The maximum Gasteiger partial charge on any atom is 0.137 e. The number of aliphatic hydroxyl groups is 2. The third kappa shape index (κ3) is 9.96. The van der Waals surface area contributed by atoms with E-state index in [1.54, 1.807) is 0 Å². The second-order valence-corrected chi connectivity index (χ2v) is 6.33. The van der Waals surface area contributed by atoms with Crippen LogP contribution in [0.3, 0.4) is 0 Å². The highest BCUT2D eigenvalue weighted by Gasteiger charge is 2.18. The summed E-state index contributed by atoms with van der Waals surface area (Å²) in [7, 11) is 0. The summed E-state index contributed by atoms with van der Waals surface area (Å²) in [5.74, 6) is 0.776. The fourth-order valence-corrected chi connectivity index (χ4v) is 2.65. The highest BCUT2D eigenvalue weighted by Crippen LogP contribution is 2.13. The third-order valence-electron chi connectivity index (χ3n) is 4.17. The van der Waals surface area contributed by atoms with Crippen LogP contribution in [0.25, 0.3) is 0 Å². The number of para-hydroxylation sites is 1. The number of aliphatic hydroxyl groups excluding tert-OH is 2. The Balaban J connectivity index is 0.00000338. The minimum atomic E-state index is -0.493. The average Bonchev–Trinajstić information content (AvgIpc) is 2.67. The van der Waals surface area contributed by atoms with E-state index in [1.165, 1.54) is 0 Å². The van der Waals surface area contributed by atoms with Gasteiger partial charge in [0.1, 0.15) is 50.2 Å². The Morgan fingerprint density at radius 2 is 1.48 bits per heavy atom.